The summed E-state index contributed by atoms with van der Waals surface area (Å²) in [4.78, 5) is 11.0. The molecular formula is C15H18N2O4. The second kappa shape index (κ2) is 6.30. The zero-order chi connectivity index (χ0) is 15.4. The van der Waals surface area contributed by atoms with Crippen LogP contribution < -0.4 is 9.47 Å². The Morgan fingerprint density at radius 2 is 2.10 bits per heavy atom. The average molecular weight is 290 g/mol. The number of methoxy groups -OCH3 is 1. The molecule has 0 unspecified atom stereocenters. The van der Waals surface area contributed by atoms with Gasteiger partial charge in [-0.25, -0.2) is 4.79 Å². The van der Waals surface area contributed by atoms with Gasteiger partial charge in [0.1, 0.15) is 6.61 Å². The maximum Gasteiger partial charge on any atom is 0.335 e. The number of ether oxygens (including phenoxy) is 2. The molecule has 0 aliphatic rings. The molecule has 6 heteroatoms. The van der Waals surface area contributed by atoms with Crippen molar-refractivity contribution >= 4 is 5.97 Å². The molecule has 0 aliphatic heterocycles. The summed E-state index contributed by atoms with van der Waals surface area (Å²) in [6, 6.07) is 6.47. The molecule has 2 rings (SSSR count). The van der Waals surface area contributed by atoms with E-state index in [1.54, 1.807) is 6.07 Å². The predicted octanol–water partition coefficient (Wildman–Crippen LogP) is 2.50. The molecule has 21 heavy (non-hydrogen) atoms. The Bertz CT molecular complexity index is 649. The highest BCUT2D eigenvalue weighted by atomic mass is 16.5. The normalized spacial score (nSPS) is 10.4. The minimum absolute atomic E-state index is 0.158. The molecule has 0 saturated carbocycles. The first-order valence-corrected chi connectivity index (χ1v) is 6.62. The largest absolute Gasteiger partial charge is 0.493 e. The molecule has 1 aromatic heterocycles. The highest BCUT2D eigenvalue weighted by Crippen LogP contribution is 2.29. The summed E-state index contributed by atoms with van der Waals surface area (Å²) in [7, 11) is 1.52. The molecule has 0 bridgehead atoms. The van der Waals surface area contributed by atoms with E-state index in [0.29, 0.717) is 18.1 Å². The summed E-state index contributed by atoms with van der Waals surface area (Å²) in [6.07, 6.45) is 0. The zero-order valence-corrected chi connectivity index (χ0v) is 12.3. The molecule has 0 fully saturated rings. The van der Waals surface area contributed by atoms with Gasteiger partial charge in [-0.3, -0.25) is 4.68 Å². The summed E-state index contributed by atoms with van der Waals surface area (Å²) in [5, 5.41) is 13.4. The van der Waals surface area contributed by atoms with E-state index < -0.39 is 5.97 Å². The van der Waals surface area contributed by atoms with E-state index in [-0.39, 0.29) is 5.56 Å². The summed E-state index contributed by atoms with van der Waals surface area (Å²) in [6.45, 7) is 4.97. The fraction of sp³-hybridized carbons (Fsp3) is 0.333. The lowest BCUT2D eigenvalue weighted by Crippen LogP contribution is -2.07. The number of carboxylic acids is 1. The second-order valence-electron chi connectivity index (χ2n) is 4.55. The van der Waals surface area contributed by atoms with Crippen LogP contribution in [0.15, 0.2) is 24.3 Å². The Hall–Kier alpha value is -2.50. The van der Waals surface area contributed by atoms with E-state index in [1.807, 2.05) is 24.6 Å². The maximum atomic E-state index is 11.0. The first kappa shape index (κ1) is 14.9. The zero-order valence-electron chi connectivity index (χ0n) is 12.3. The molecule has 112 valence electrons. The summed E-state index contributed by atoms with van der Waals surface area (Å²) in [5.74, 6) is -0.102. The van der Waals surface area contributed by atoms with Crippen LogP contribution in [0.4, 0.5) is 0 Å². The van der Waals surface area contributed by atoms with E-state index in [9.17, 15) is 4.79 Å². The molecule has 0 saturated heterocycles. The lowest BCUT2D eigenvalue weighted by atomic mass is 10.2. The van der Waals surface area contributed by atoms with Gasteiger partial charge < -0.3 is 14.6 Å². The summed E-state index contributed by atoms with van der Waals surface area (Å²) in [5.41, 5.74) is 2.01. The molecule has 0 radical (unpaired) electrons. The quantitative estimate of drug-likeness (QED) is 0.884. The average Bonchev–Trinajstić information content (AvgIpc) is 2.84. The monoisotopic (exact) mass is 290 g/mol. The van der Waals surface area contributed by atoms with Crippen LogP contribution in [0.25, 0.3) is 0 Å². The van der Waals surface area contributed by atoms with Crippen LogP contribution >= 0.6 is 0 Å². The van der Waals surface area contributed by atoms with Crippen molar-refractivity contribution in [1.82, 2.24) is 9.78 Å². The van der Waals surface area contributed by atoms with Gasteiger partial charge in [-0.15, -0.1) is 0 Å². The molecule has 0 aliphatic carbocycles. The fourth-order valence-corrected chi connectivity index (χ4v) is 2.06. The molecule has 0 amide bonds. The Labute approximate surface area is 122 Å². The summed E-state index contributed by atoms with van der Waals surface area (Å²) < 4.78 is 12.8. The molecular weight excluding hydrogens is 272 g/mol. The van der Waals surface area contributed by atoms with Crippen molar-refractivity contribution in [1.29, 1.82) is 0 Å². The van der Waals surface area contributed by atoms with Crippen molar-refractivity contribution in [2.24, 2.45) is 0 Å². The highest BCUT2D eigenvalue weighted by molar-refractivity contribution is 5.88. The maximum absolute atomic E-state index is 11.0. The van der Waals surface area contributed by atoms with Gasteiger partial charge in [0, 0.05) is 6.54 Å². The van der Waals surface area contributed by atoms with Crippen molar-refractivity contribution in [2.75, 3.05) is 7.11 Å². The lowest BCUT2D eigenvalue weighted by Gasteiger charge is -2.12. The first-order valence-electron chi connectivity index (χ1n) is 6.62. The third-order valence-corrected chi connectivity index (χ3v) is 3.07. The third kappa shape index (κ3) is 3.34. The van der Waals surface area contributed by atoms with Crippen molar-refractivity contribution in [3.8, 4) is 11.5 Å². The van der Waals surface area contributed by atoms with E-state index in [1.165, 1.54) is 19.2 Å². The van der Waals surface area contributed by atoms with Crippen LogP contribution in [0.3, 0.4) is 0 Å². The number of aromatic nitrogens is 2. The Balaban J connectivity index is 2.22. The van der Waals surface area contributed by atoms with Gasteiger partial charge in [-0.05, 0) is 38.1 Å². The van der Waals surface area contributed by atoms with Gasteiger partial charge in [0.05, 0.1) is 24.1 Å². The van der Waals surface area contributed by atoms with E-state index in [2.05, 4.69) is 5.10 Å². The molecule has 0 atom stereocenters. The van der Waals surface area contributed by atoms with Gasteiger partial charge >= 0.3 is 5.97 Å². The minimum Gasteiger partial charge on any atom is -0.493 e. The topological polar surface area (TPSA) is 73.6 Å². The first-order chi connectivity index (χ1) is 10.0. The number of aromatic carboxylic acids is 1. The Kier molecular flexibility index (Phi) is 4.47. The SMILES string of the molecule is CCn1nc(C)cc1COc1cc(C(=O)O)ccc1OC. The molecule has 1 heterocycles. The predicted molar refractivity (Wildman–Crippen MR) is 76.9 cm³/mol. The number of hydrogen-bond acceptors (Lipinski definition) is 4. The van der Waals surface area contributed by atoms with Gasteiger partial charge in [-0.1, -0.05) is 0 Å². The second-order valence-corrected chi connectivity index (χ2v) is 4.55. The number of rotatable bonds is 6. The Morgan fingerprint density at radius 1 is 1.33 bits per heavy atom. The number of hydrogen-bond donors (Lipinski definition) is 1. The van der Waals surface area contributed by atoms with Crippen molar-refractivity contribution < 1.29 is 19.4 Å². The van der Waals surface area contributed by atoms with Crippen LogP contribution in [0.5, 0.6) is 11.5 Å². The smallest absolute Gasteiger partial charge is 0.335 e. The van der Waals surface area contributed by atoms with Crippen LogP contribution in [-0.4, -0.2) is 28.0 Å². The van der Waals surface area contributed by atoms with Crippen LogP contribution in [0.2, 0.25) is 0 Å². The minimum atomic E-state index is -1.00. The highest BCUT2D eigenvalue weighted by Gasteiger charge is 2.12. The van der Waals surface area contributed by atoms with Gasteiger partial charge in [0.15, 0.2) is 11.5 Å². The Morgan fingerprint density at radius 3 is 2.71 bits per heavy atom. The number of nitrogens with zero attached hydrogens (tertiary/aromatic N) is 2. The number of aryl methyl sites for hydroxylation is 2. The van der Waals surface area contributed by atoms with Crippen LogP contribution in [0, 0.1) is 6.92 Å². The number of benzene rings is 1. The van der Waals surface area contributed by atoms with E-state index in [0.717, 1.165) is 17.9 Å². The van der Waals surface area contributed by atoms with Crippen molar-refractivity contribution in [3.05, 3.63) is 41.2 Å². The van der Waals surface area contributed by atoms with Crippen molar-refractivity contribution in [3.63, 3.8) is 0 Å². The molecule has 6 nitrogen and oxygen atoms in total. The standard InChI is InChI=1S/C15H18N2O4/c1-4-17-12(7-10(2)16-17)9-21-14-8-11(15(18)19)5-6-13(14)20-3/h5-8H,4,9H2,1-3H3,(H,18,19). The molecule has 1 aromatic carbocycles. The number of carbonyl (C=O) groups is 1. The van der Waals surface area contributed by atoms with Gasteiger partial charge in [0.2, 0.25) is 0 Å². The molecule has 2 aromatic rings. The van der Waals surface area contributed by atoms with Gasteiger partial charge in [-0.2, -0.15) is 5.10 Å². The molecule has 0 spiro atoms. The number of carboxylic acid groups (broad SMARTS) is 1. The van der Waals surface area contributed by atoms with Crippen molar-refractivity contribution in [2.45, 2.75) is 27.0 Å². The van der Waals surface area contributed by atoms with Crippen LogP contribution in [0.1, 0.15) is 28.7 Å². The van der Waals surface area contributed by atoms with E-state index >= 15 is 0 Å². The summed E-state index contributed by atoms with van der Waals surface area (Å²) >= 11 is 0. The van der Waals surface area contributed by atoms with Crippen LogP contribution in [-0.2, 0) is 13.2 Å². The van der Waals surface area contributed by atoms with Gasteiger partial charge in [0.25, 0.3) is 0 Å². The third-order valence-electron chi connectivity index (χ3n) is 3.07. The lowest BCUT2D eigenvalue weighted by molar-refractivity contribution is 0.0696. The fourth-order valence-electron chi connectivity index (χ4n) is 2.06. The van der Waals surface area contributed by atoms with E-state index in [4.69, 9.17) is 14.6 Å². The molecule has 1 N–H and O–H groups in total.